The first-order chi connectivity index (χ1) is 12.3. The van der Waals surface area contributed by atoms with Crippen LogP contribution in [0.2, 0.25) is 0 Å². The molecule has 1 fully saturated rings. The van der Waals surface area contributed by atoms with Gasteiger partial charge < -0.3 is 14.1 Å². The van der Waals surface area contributed by atoms with Crippen molar-refractivity contribution in [3.8, 4) is 0 Å². The molecule has 0 unspecified atom stereocenters. The topological polar surface area (TPSA) is 84.7 Å². The highest BCUT2D eigenvalue weighted by Crippen LogP contribution is 2.23. The summed E-state index contributed by atoms with van der Waals surface area (Å²) in [7, 11) is 0. The Bertz CT molecular complexity index is 752. The van der Waals surface area contributed by atoms with E-state index < -0.39 is 5.60 Å². The molecule has 2 heterocycles. The summed E-state index contributed by atoms with van der Waals surface area (Å²) in [5.41, 5.74) is 0.870. The van der Waals surface area contributed by atoms with Gasteiger partial charge in [0, 0.05) is 19.5 Å². The second-order valence-electron chi connectivity index (χ2n) is 7.65. The summed E-state index contributed by atoms with van der Waals surface area (Å²) in [6.07, 6.45) is 1.66. The molecule has 7 heteroatoms. The Morgan fingerprint density at radius 2 is 1.96 bits per heavy atom. The number of anilines is 1. The van der Waals surface area contributed by atoms with Gasteiger partial charge in [0.25, 0.3) is 0 Å². The molecule has 140 valence electrons. The van der Waals surface area contributed by atoms with Crippen LogP contribution in [0.5, 0.6) is 0 Å². The number of nitrogens with one attached hydrogen (secondary N) is 1. The van der Waals surface area contributed by atoms with Crippen molar-refractivity contribution < 1.29 is 18.7 Å². The highest BCUT2D eigenvalue weighted by molar-refractivity contribution is 5.90. The smallest absolute Gasteiger partial charge is 0.410 e. The lowest BCUT2D eigenvalue weighted by Crippen LogP contribution is -2.42. The second kappa shape index (κ2) is 7.35. The number of piperidine rings is 1. The van der Waals surface area contributed by atoms with Crippen LogP contribution in [0.4, 0.5) is 10.8 Å². The molecule has 2 aromatic rings. The van der Waals surface area contributed by atoms with Crippen LogP contribution in [0, 0.1) is 5.92 Å². The molecule has 0 bridgehead atoms. The maximum Gasteiger partial charge on any atom is 0.410 e. The number of fused-ring (bicyclic) bond motifs is 1. The van der Waals surface area contributed by atoms with Crippen LogP contribution < -0.4 is 5.32 Å². The zero-order valence-electron chi connectivity index (χ0n) is 15.4. The van der Waals surface area contributed by atoms with Crippen LogP contribution in [0.25, 0.3) is 11.1 Å². The van der Waals surface area contributed by atoms with Crippen molar-refractivity contribution in [1.82, 2.24) is 9.88 Å². The van der Waals surface area contributed by atoms with Crippen LogP contribution in [0.3, 0.4) is 0 Å². The number of amides is 2. The lowest BCUT2D eigenvalue weighted by molar-refractivity contribution is -0.117. The number of hydrogen-bond acceptors (Lipinski definition) is 5. The molecule has 0 atom stereocenters. The van der Waals surface area contributed by atoms with E-state index in [9.17, 15) is 9.59 Å². The van der Waals surface area contributed by atoms with E-state index in [1.807, 2.05) is 45.0 Å². The van der Waals surface area contributed by atoms with E-state index in [1.54, 1.807) is 4.90 Å². The summed E-state index contributed by atoms with van der Waals surface area (Å²) in [6, 6.07) is 7.60. The first-order valence-corrected chi connectivity index (χ1v) is 8.93. The number of benzene rings is 1. The molecule has 1 aliphatic rings. The van der Waals surface area contributed by atoms with Gasteiger partial charge in [-0.2, -0.15) is 4.98 Å². The Morgan fingerprint density at radius 3 is 2.62 bits per heavy atom. The molecule has 1 saturated heterocycles. The zero-order chi connectivity index (χ0) is 18.7. The van der Waals surface area contributed by atoms with E-state index in [2.05, 4.69) is 10.3 Å². The predicted molar refractivity (Wildman–Crippen MR) is 97.8 cm³/mol. The van der Waals surface area contributed by atoms with Crippen molar-refractivity contribution in [1.29, 1.82) is 0 Å². The fourth-order valence-electron chi connectivity index (χ4n) is 3.00. The molecule has 1 N–H and O–H groups in total. The Hall–Kier alpha value is -2.57. The van der Waals surface area contributed by atoms with Gasteiger partial charge in [-0.05, 0) is 51.7 Å². The number of nitrogens with zero attached hydrogens (tertiary/aromatic N) is 2. The molecule has 0 aliphatic carbocycles. The number of aromatic nitrogens is 1. The Balaban J connectivity index is 1.46. The highest BCUT2D eigenvalue weighted by Gasteiger charge is 2.28. The first kappa shape index (κ1) is 18.2. The third-order valence-corrected chi connectivity index (χ3v) is 4.28. The molecule has 1 aliphatic heterocycles. The molecule has 0 radical (unpaired) electrons. The van der Waals surface area contributed by atoms with E-state index in [1.165, 1.54) is 0 Å². The van der Waals surface area contributed by atoms with Crippen LogP contribution in [0.15, 0.2) is 28.7 Å². The maximum absolute atomic E-state index is 12.2. The van der Waals surface area contributed by atoms with E-state index in [0.29, 0.717) is 30.6 Å². The number of hydrogen-bond donors (Lipinski definition) is 1. The minimum atomic E-state index is -0.493. The first-order valence-electron chi connectivity index (χ1n) is 8.93. The summed E-state index contributed by atoms with van der Waals surface area (Å²) in [4.78, 5) is 30.3. The van der Waals surface area contributed by atoms with Crippen LogP contribution in [-0.2, 0) is 9.53 Å². The van der Waals surface area contributed by atoms with Gasteiger partial charge in [0.2, 0.25) is 5.91 Å². The van der Waals surface area contributed by atoms with Crippen molar-refractivity contribution in [2.45, 2.75) is 45.6 Å². The molecule has 0 spiro atoms. The number of oxazole rings is 1. The normalized spacial score (nSPS) is 15.9. The maximum atomic E-state index is 12.2. The van der Waals surface area contributed by atoms with Gasteiger partial charge >= 0.3 is 12.1 Å². The van der Waals surface area contributed by atoms with Crippen LogP contribution >= 0.6 is 0 Å². The van der Waals surface area contributed by atoms with Crippen molar-refractivity contribution in [3.63, 3.8) is 0 Å². The number of rotatable bonds is 3. The van der Waals surface area contributed by atoms with E-state index in [0.717, 1.165) is 12.8 Å². The number of carbonyl (C=O) groups excluding carboxylic acids is 2. The highest BCUT2D eigenvalue weighted by atomic mass is 16.6. The molecule has 1 aromatic carbocycles. The predicted octanol–water partition coefficient (Wildman–Crippen LogP) is 3.80. The van der Waals surface area contributed by atoms with Crippen molar-refractivity contribution in [3.05, 3.63) is 24.3 Å². The Labute approximate surface area is 152 Å². The molecule has 7 nitrogen and oxygen atoms in total. The lowest BCUT2D eigenvalue weighted by Gasteiger charge is -2.33. The van der Waals surface area contributed by atoms with E-state index >= 15 is 0 Å². The zero-order valence-corrected chi connectivity index (χ0v) is 15.4. The standard InChI is InChI=1S/C19H25N3O4/c1-19(2,3)26-18(24)22-10-8-13(9-11-22)12-16(23)21-17-20-14-6-4-5-7-15(14)25-17/h4-7,13H,8-12H2,1-3H3,(H,20,21,23). The van der Waals surface area contributed by atoms with Gasteiger partial charge in [-0.3, -0.25) is 10.1 Å². The molecule has 1 aromatic heterocycles. The summed E-state index contributed by atoms with van der Waals surface area (Å²) < 4.78 is 10.9. The summed E-state index contributed by atoms with van der Waals surface area (Å²) >= 11 is 0. The molecule has 0 saturated carbocycles. The summed E-state index contributed by atoms with van der Waals surface area (Å²) in [5, 5.41) is 2.72. The average Bonchev–Trinajstić information content (AvgIpc) is 2.95. The third kappa shape index (κ3) is 4.74. The largest absolute Gasteiger partial charge is 0.444 e. The van der Waals surface area contributed by atoms with Gasteiger partial charge in [-0.25, -0.2) is 4.79 Å². The fourth-order valence-corrected chi connectivity index (χ4v) is 3.00. The number of ether oxygens (including phenoxy) is 1. The lowest BCUT2D eigenvalue weighted by atomic mass is 9.93. The van der Waals surface area contributed by atoms with E-state index in [-0.39, 0.29) is 23.9 Å². The minimum Gasteiger partial charge on any atom is -0.444 e. The Kier molecular flexibility index (Phi) is 5.15. The SMILES string of the molecule is CC(C)(C)OC(=O)N1CCC(CC(=O)Nc2nc3ccccc3o2)CC1. The van der Waals surface area contributed by atoms with Crippen molar-refractivity contribution in [2.75, 3.05) is 18.4 Å². The monoisotopic (exact) mass is 359 g/mol. The average molecular weight is 359 g/mol. The van der Waals surface area contributed by atoms with Gasteiger partial charge in [0.1, 0.15) is 11.1 Å². The fraction of sp³-hybridized carbons (Fsp3) is 0.526. The van der Waals surface area contributed by atoms with Crippen LogP contribution in [-0.4, -0.2) is 40.6 Å². The molecule has 26 heavy (non-hydrogen) atoms. The number of likely N-dealkylation sites (tertiary alicyclic amines) is 1. The summed E-state index contributed by atoms with van der Waals surface area (Å²) in [5.74, 6) is 0.116. The second-order valence-corrected chi connectivity index (χ2v) is 7.65. The van der Waals surface area contributed by atoms with Gasteiger partial charge in [0.15, 0.2) is 5.58 Å². The number of carbonyl (C=O) groups is 2. The molecular formula is C19H25N3O4. The van der Waals surface area contributed by atoms with Crippen molar-refractivity contribution >= 4 is 29.1 Å². The number of para-hydroxylation sites is 2. The Morgan fingerprint density at radius 1 is 1.27 bits per heavy atom. The third-order valence-electron chi connectivity index (χ3n) is 4.28. The van der Waals surface area contributed by atoms with Gasteiger partial charge in [-0.1, -0.05) is 12.1 Å². The van der Waals surface area contributed by atoms with Gasteiger partial charge in [0.05, 0.1) is 0 Å². The van der Waals surface area contributed by atoms with Gasteiger partial charge in [-0.15, -0.1) is 0 Å². The quantitative estimate of drug-likeness (QED) is 0.901. The molecule has 2 amide bonds. The van der Waals surface area contributed by atoms with E-state index in [4.69, 9.17) is 9.15 Å². The van der Waals surface area contributed by atoms with Crippen LogP contribution in [0.1, 0.15) is 40.0 Å². The molecular weight excluding hydrogens is 334 g/mol. The molecule has 3 rings (SSSR count). The van der Waals surface area contributed by atoms with Crippen molar-refractivity contribution in [2.24, 2.45) is 5.92 Å². The minimum absolute atomic E-state index is 0.118. The summed E-state index contributed by atoms with van der Waals surface area (Å²) in [6.45, 7) is 6.78.